The molecule has 1 amide bonds. The van der Waals surface area contributed by atoms with Crippen molar-refractivity contribution in [2.45, 2.75) is 13.0 Å². The van der Waals surface area contributed by atoms with Crippen molar-refractivity contribution in [1.29, 1.82) is 0 Å². The number of hydrogen-bond acceptors (Lipinski definition) is 3. The van der Waals surface area contributed by atoms with Gasteiger partial charge in [0.15, 0.2) is 11.5 Å². The number of quaternary nitrogens is 2. The minimum atomic E-state index is -0.726. The smallest absolute Gasteiger partial charge is 0.290 e. The standard InChI is InChI=1S/C18H22FN3O3/c1-12(23)15-16(13-3-2-4-14(19)11-13)22(18(25)17(15)24)10-9-21-7-5-20-6-8-21/h2-4,11,16,20,24H,5-10H2,1H3/p+2/t16-/m1/s1. The number of aliphatic hydroxyl groups is 1. The third-order valence-corrected chi connectivity index (χ3v) is 4.96. The summed E-state index contributed by atoms with van der Waals surface area (Å²) in [7, 11) is 0. The minimum absolute atomic E-state index is 0.0533. The first-order valence-electron chi connectivity index (χ1n) is 8.64. The van der Waals surface area contributed by atoms with E-state index in [2.05, 4.69) is 5.32 Å². The van der Waals surface area contributed by atoms with E-state index < -0.39 is 23.5 Å². The van der Waals surface area contributed by atoms with Gasteiger partial charge in [0.05, 0.1) is 24.7 Å². The van der Waals surface area contributed by atoms with E-state index in [-0.39, 0.29) is 11.4 Å². The van der Waals surface area contributed by atoms with E-state index in [1.165, 1.54) is 28.9 Å². The summed E-state index contributed by atoms with van der Waals surface area (Å²) < 4.78 is 13.7. The van der Waals surface area contributed by atoms with Crippen LogP contribution in [0.2, 0.25) is 0 Å². The van der Waals surface area contributed by atoms with Gasteiger partial charge in [0.1, 0.15) is 32.0 Å². The van der Waals surface area contributed by atoms with Crippen LogP contribution in [0.25, 0.3) is 0 Å². The Morgan fingerprint density at radius 1 is 1.40 bits per heavy atom. The molecule has 3 rings (SSSR count). The Kier molecular flexibility index (Phi) is 5.15. The molecule has 1 saturated heterocycles. The molecule has 0 spiro atoms. The fourth-order valence-corrected chi connectivity index (χ4v) is 3.68. The maximum atomic E-state index is 13.7. The summed E-state index contributed by atoms with van der Waals surface area (Å²) in [5, 5.41) is 12.5. The van der Waals surface area contributed by atoms with Gasteiger partial charge in [-0.25, -0.2) is 4.39 Å². The van der Waals surface area contributed by atoms with Crippen LogP contribution in [0.1, 0.15) is 18.5 Å². The van der Waals surface area contributed by atoms with E-state index in [0.29, 0.717) is 12.1 Å². The van der Waals surface area contributed by atoms with Crippen molar-refractivity contribution >= 4 is 11.7 Å². The van der Waals surface area contributed by atoms with Crippen molar-refractivity contribution in [3.8, 4) is 0 Å². The second kappa shape index (κ2) is 7.33. The van der Waals surface area contributed by atoms with Gasteiger partial charge in [0.2, 0.25) is 0 Å². The van der Waals surface area contributed by atoms with Crippen LogP contribution in [0.15, 0.2) is 35.6 Å². The lowest BCUT2D eigenvalue weighted by Crippen LogP contribution is -3.20. The molecule has 7 heteroatoms. The van der Waals surface area contributed by atoms with Crippen LogP contribution in [0.3, 0.4) is 0 Å². The number of nitrogens with two attached hydrogens (primary N) is 1. The molecule has 2 aliphatic rings. The normalized spacial score (nSPS) is 21.9. The molecule has 1 aromatic rings. The predicted octanol–water partition coefficient (Wildman–Crippen LogP) is -1.43. The van der Waals surface area contributed by atoms with Crippen LogP contribution in [-0.2, 0) is 9.59 Å². The monoisotopic (exact) mass is 349 g/mol. The third-order valence-electron chi connectivity index (χ3n) is 4.96. The average molecular weight is 349 g/mol. The number of halogens is 1. The predicted molar refractivity (Wildman–Crippen MR) is 88.4 cm³/mol. The number of hydrogen-bond donors (Lipinski definition) is 3. The second-order valence-corrected chi connectivity index (χ2v) is 6.64. The molecular formula is C18H24FN3O3+2. The quantitative estimate of drug-likeness (QED) is 0.610. The summed E-state index contributed by atoms with van der Waals surface area (Å²) in [5.41, 5.74) is 0.558. The summed E-state index contributed by atoms with van der Waals surface area (Å²) in [6, 6.07) is 5.13. The Labute approximate surface area is 145 Å². The summed E-state index contributed by atoms with van der Waals surface area (Å²) in [6.07, 6.45) is 0. The highest BCUT2D eigenvalue weighted by atomic mass is 19.1. The van der Waals surface area contributed by atoms with Gasteiger partial charge in [-0.2, -0.15) is 0 Å². The molecule has 25 heavy (non-hydrogen) atoms. The molecule has 0 unspecified atom stereocenters. The fourth-order valence-electron chi connectivity index (χ4n) is 3.68. The summed E-state index contributed by atoms with van der Waals surface area (Å²) in [4.78, 5) is 27.4. The zero-order valence-corrected chi connectivity index (χ0v) is 14.3. The number of piperazine rings is 1. The van der Waals surface area contributed by atoms with Crippen molar-refractivity contribution in [3.05, 3.63) is 47.0 Å². The van der Waals surface area contributed by atoms with Crippen molar-refractivity contribution in [3.63, 3.8) is 0 Å². The van der Waals surface area contributed by atoms with Crippen LogP contribution >= 0.6 is 0 Å². The molecular weight excluding hydrogens is 325 g/mol. The number of benzene rings is 1. The van der Waals surface area contributed by atoms with Crippen LogP contribution in [0.5, 0.6) is 0 Å². The van der Waals surface area contributed by atoms with Gasteiger partial charge in [0.25, 0.3) is 5.91 Å². The topological polar surface area (TPSA) is 78.7 Å². The van der Waals surface area contributed by atoms with Gasteiger partial charge >= 0.3 is 0 Å². The van der Waals surface area contributed by atoms with Gasteiger partial charge in [0, 0.05) is 0 Å². The Bertz CT molecular complexity index is 713. The second-order valence-electron chi connectivity index (χ2n) is 6.64. The lowest BCUT2D eigenvalue weighted by molar-refractivity contribution is -0.946. The lowest BCUT2D eigenvalue weighted by Gasteiger charge is -2.29. The number of carbonyl (C=O) groups excluding carboxylic acids is 2. The summed E-state index contributed by atoms with van der Waals surface area (Å²) in [5.74, 6) is -1.87. The van der Waals surface area contributed by atoms with Crippen molar-refractivity contribution in [1.82, 2.24) is 4.90 Å². The fraction of sp³-hybridized carbons (Fsp3) is 0.444. The van der Waals surface area contributed by atoms with Crippen LogP contribution in [0.4, 0.5) is 4.39 Å². The van der Waals surface area contributed by atoms with Gasteiger partial charge in [-0.3, -0.25) is 9.59 Å². The van der Waals surface area contributed by atoms with Gasteiger partial charge in [-0.1, -0.05) is 12.1 Å². The molecule has 1 atom stereocenters. The Hall–Kier alpha value is -2.25. The molecule has 1 fully saturated rings. The first-order chi connectivity index (χ1) is 12.0. The molecule has 0 saturated carbocycles. The van der Waals surface area contributed by atoms with E-state index in [1.54, 1.807) is 12.1 Å². The molecule has 0 bridgehead atoms. The molecule has 2 heterocycles. The molecule has 0 aliphatic carbocycles. The number of carbonyl (C=O) groups is 2. The molecule has 134 valence electrons. The van der Waals surface area contributed by atoms with Gasteiger partial charge in [-0.05, 0) is 24.6 Å². The SMILES string of the molecule is CC(=O)C1=C(O)C(=O)N(CC[NH+]2CC[NH2+]CC2)[C@@H]1c1cccc(F)c1. The Morgan fingerprint density at radius 2 is 2.12 bits per heavy atom. The van der Waals surface area contributed by atoms with Gasteiger partial charge < -0.3 is 20.2 Å². The highest BCUT2D eigenvalue weighted by Crippen LogP contribution is 2.37. The molecule has 0 aromatic heterocycles. The van der Waals surface area contributed by atoms with E-state index >= 15 is 0 Å². The van der Waals surface area contributed by atoms with Gasteiger partial charge in [-0.15, -0.1) is 0 Å². The number of amides is 1. The maximum absolute atomic E-state index is 13.7. The number of Topliss-reactive ketones (excluding diaryl/α,β-unsaturated/α-hetero) is 1. The van der Waals surface area contributed by atoms with Crippen LogP contribution in [0, 0.1) is 5.82 Å². The van der Waals surface area contributed by atoms with Crippen molar-refractivity contribution in [2.75, 3.05) is 39.3 Å². The molecule has 1 aromatic carbocycles. The van der Waals surface area contributed by atoms with E-state index in [1.807, 2.05) is 0 Å². The number of aliphatic hydroxyl groups excluding tert-OH is 1. The number of rotatable bonds is 5. The Balaban J connectivity index is 1.87. The lowest BCUT2D eigenvalue weighted by atomic mass is 9.96. The molecule has 2 aliphatic heterocycles. The van der Waals surface area contributed by atoms with E-state index in [0.717, 1.165) is 32.7 Å². The van der Waals surface area contributed by atoms with Crippen molar-refractivity contribution < 1.29 is 29.3 Å². The summed E-state index contributed by atoms with van der Waals surface area (Å²) >= 11 is 0. The molecule has 6 nitrogen and oxygen atoms in total. The summed E-state index contributed by atoms with van der Waals surface area (Å²) in [6.45, 7) is 6.62. The van der Waals surface area contributed by atoms with Crippen LogP contribution in [-0.4, -0.2) is 61.0 Å². The molecule has 0 radical (unpaired) electrons. The zero-order chi connectivity index (χ0) is 18.0. The number of nitrogens with zero attached hydrogens (tertiary/aromatic N) is 1. The zero-order valence-electron chi connectivity index (χ0n) is 14.3. The number of nitrogens with one attached hydrogen (secondary N) is 1. The van der Waals surface area contributed by atoms with Crippen LogP contribution < -0.4 is 10.2 Å². The average Bonchev–Trinajstić information content (AvgIpc) is 2.85. The molecule has 4 N–H and O–H groups in total. The van der Waals surface area contributed by atoms with E-state index in [9.17, 15) is 19.1 Å². The van der Waals surface area contributed by atoms with Crippen molar-refractivity contribution in [2.24, 2.45) is 0 Å². The largest absolute Gasteiger partial charge is 0.503 e. The first kappa shape index (κ1) is 17.6. The van der Waals surface area contributed by atoms with E-state index in [4.69, 9.17) is 0 Å². The highest BCUT2D eigenvalue weighted by Gasteiger charge is 2.42. The Morgan fingerprint density at radius 3 is 2.76 bits per heavy atom. The maximum Gasteiger partial charge on any atom is 0.290 e. The first-order valence-corrected chi connectivity index (χ1v) is 8.64. The number of ketones is 1. The minimum Gasteiger partial charge on any atom is -0.503 e. The third kappa shape index (κ3) is 3.57. The highest BCUT2D eigenvalue weighted by molar-refractivity contribution is 6.08.